The van der Waals surface area contributed by atoms with Crippen LogP contribution in [0.3, 0.4) is 0 Å². The lowest BCUT2D eigenvalue weighted by molar-refractivity contribution is 0.849. The van der Waals surface area contributed by atoms with Crippen molar-refractivity contribution in [3.05, 3.63) is 35.9 Å². The molecule has 0 aromatic heterocycles. The van der Waals surface area contributed by atoms with Gasteiger partial charge in [-0.1, -0.05) is 35.9 Å². The minimum atomic E-state index is 0. The first-order chi connectivity index (χ1) is 7.93. The van der Waals surface area contributed by atoms with Crippen molar-refractivity contribution in [2.75, 3.05) is 0 Å². The van der Waals surface area contributed by atoms with Crippen LogP contribution in [-0.4, -0.2) is 0 Å². The molecule has 0 aliphatic heterocycles. The molecular formula is C15H25N3. The topological polar surface area (TPSA) is 82.6 Å². The summed E-state index contributed by atoms with van der Waals surface area (Å²) in [5.74, 6) is 0.380. The maximum absolute atomic E-state index is 7.89. The van der Waals surface area contributed by atoms with Crippen molar-refractivity contribution in [2.45, 2.75) is 34.6 Å². The molecule has 3 heteroatoms. The van der Waals surface area contributed by atoms with Crippen LogP contribution in [0.5, 0.6) is 0 Å². The van der Waals surface area contributed by atoms with Crippen LogP contribution in [0.15, 0.2) is 30.3 Å². The van der Waals surface area contributed by atoms with Crippen LogP contribution in [0.4, 0.5) is 0 Å². The molecule has 18 heavy (non-hydrogen) atoms. The quantitative estimate of drug-likeness (QED) is 0.733. The number of aryl methyl sites for hydroxylation is 1. The van der Waals surface area contributed by atoms with E-state index in [0.717, 1.165) is 0 Å². The Morgan fingerprint density at radius 1 is 0.833 bits per heavy atom. The van der Waals surface area contributed by atoms with Crippen molar-refractivity contribution in [1.29, 1.82) is 10.5 Å². The van der Waals surface area contributed by atoms with Gasteiger partial charge < -0.3 is 6.15 Å². The van der Waals surface area contributed by atoms with Gasteiger partial charge in [0.15, 0.2) is 0 Å². The van der Waals surface area contributed by atoms with Gasteiger partial charge in [0.25, 0.3) is 0 Å². The second-order valence-electron chi connectivity index (χ2n) is 4.22. The molecule has 0 aliphatic carbocycles. The zero-order valence-electron chi connectivity index (χ0n) is 12.1. The van der Waals surface area contributed by atoms with Gasteiger partial charge in [0.05, 0.1) is 12.1 Å². The predicted octanol–water partition coefficient (Wildman–Crippen LogP) is 4.49. The molecule has 0 heterocycles. The third kappa shape index (κ3) is 23.8. The first-order valence-electron chi connectivity index (χ1n) is 5.74. The molecule has 1 aromatic rings. The van der Waals surface area contributed by atoms with Gasteiger partial charge in [-0.15, -0.1) is 0 Å². The average molecular weight is 247 g/mol. The maximum Gasteiger partial charge on any atom is 0.0649 e. The fourth-order valence-electron chi connectivity index (χ4n) is 0.534. The zero-order chi connectivity index (χ0) is 13.7. The van der Waals surface area contributed by atoms with E-state index < -0.39 is 0 Å². The van der Waals surface area contributed by atoms with Crippen LogP contribution < -0.4 is 6.15 Å². The predicted molar refractivity (Wildman–Crippen MR) is 77.1 cm³/mol. The summed E-state index contributed by atoms with van der Waals surface area (Å²) in [6.07, 6.45) is 0. The van der Waals surface area contributed by atoms with Gasteiger partial charge in [0, 0.05) is 11.8 Å². The molecule has 3 nitrogen and oxygen atoms in total. The summed E-state index contributed by atoms with van der Waals surface area (Å²) in [6.45, 7) is 9.53. The number of nitriles is 2. The Morgan fingerprint density at radius 3 is 1.22 bits per heavy atom. The largest absolute Gasteiger partial charge is 0.344 e. The third-order valence-corrected chi connectivity index (χ3v) is 1.46. The second-order valence-corrected chi connectivity index (χ2v) is 4.22. The van der Waals surface area contributed by atoms with Crippen molar-refractivity contribution in [1.82, 2.24) is 6.15 Å². The highest BCUT2D eigenvalue weighted by Gasteiger charge is 1.79. The van der Waals surface area contributed by atoms with Crippen molar-refractivity contribution < 1.29 is 0 Å². The van der Waals surface area contributed by atoms with Crippen molar-refractivity contribution in [2.24, 2.45) is 11.8 Å². The number of benzene rings is 1. The van der Waals surface area contributed by atoms with Crippen LogP contribution in [0.25, 0.3) is 0 Å². The molecule has 0 amide bonds. The Morgan fingerprint density at radius 2 is 1.11 bits per heavy atom. The zero-order valence-corrected chi connectivity index (χ0v) is 12.1. The molecular weight excluding hydrogens is 222 g/mol. The van der Waals surface area contributed by atoms with Gasteiger partial charge >= 0.3 is 0 Å². The van der Waals surface area contributed by atoms with Gasteiger partial charge in [-0.3, -0.25) is 0 Å². The summed E-state index contributed by atoms with van der Waals surface area (Å²) in [5.41, 5.74) is 1.32. The molecule has 1 aromatic carbocycles. The Balaban J connectivity index is -0.000000188. The van der Waals surface area contributed by atoms with E-state index in [9.17, 15) is 0 Å². The van der Waals surface area contributed by atoms with E-state index >= 15 is 0 Å². The smallest absolute Gasteiger partial charge is 0.0649 e. The Bertz CT molecular complexity index is 324. The van der Waals surface area contributed by atoms with Gasteiger partial charge in [0.2, 0.25) is 0 Å². The molecule has 0 unspecified atom stereocenters. The second kappa shape index (κ2) is 15.2. The van der Waals surface area contributed by atoms with E-state index in [1.807, 2.05) is 58.0 Å². The minimum absolute atomic E-state index is 0. The van der Waals surface area contributed by atoms with Gasteiger partial charge in [0.1, 0.15) is 0 Å². The lowest BCUT2D eigenvalue weighted by Crippen LogP contribution is -1.72. The standard InChI is InChI=1S/C7H8.2C4H7N.H3N/c1-7-5-3-2-4-6-7;2*1-4(2)3-5;/h2-6H,1H3;2*4H,1-2H3;1H3. The van der Waals surface area contributed by atoms with Crippen molar-refractivity contribution >= 4 is 0 Å². The van der Waals surface area contributed by atoms with Crippen LogP contribution >= 0.6 is 0 Å². The summed E-state index contributed by atoms with van der Waals surface area (Å²) in [6, 6.07) is 14.3. The molecule has 0 bridgehead atoms. The van der Waals surface area contributed by atoms with Crippen LogP contribution in [0, 0.1) is 41.4 Å². The number of hydrogen-bond donors (Lipinski definition) is 1. The highest BCUT2D eigenvalue weighted by atomic mass is 14.2. The summed E-state index contributed by atoms with van der Waals surface area (Å²) in [4.78, 5) is 0. The highest BCUT2D eigenvalue weighted by molar-refractivity contribution is 5.11. The fourth-order valence-corrected chi connectivity index (χ4v) is 0.534. The van der Waals surface area contributed by atoms with E-state index in [-0.39, 0.29) is 18.0 Å². The Labute approximate surface area is 112 Å². The maximum atomic E-state index is 7.89. The van der Waals surface area contributed by atoms with Crippen molar-refractivity contribution in [3.8, 4) is 12.1 Å². The fraction of sp³-hybridized carbons (Fsp3) is 0.467. The minimum Gasteiger partial charge on any atom is -0.344 e. The highest BCUT2D eigenvalue weighted by Crippen LogP contribution is 1.92. The molecule has 0 radical (unpaired) electrons. The average Bonchev–Trinajstić information content (AvgIpc) is 2.31. The van der Waals surface area contributed by atoms with Crippen LogP contribution in [-0.2, 0) is 0 Å². The lowest BCUT2D eigenvalue weighted by atomic mass is 10.2. The van der Waals surface area contributed by atoms with E-state index in [1.54, 1.807) is 0 Å². The monoisotopic (exact) mass is 247 g/mol. The summed E-state index contributed by atoms with van der Waals surface area (Å²) >= 11 is 0. The van der Waals surface area contributed by atoms with Crippen molar-refractivity contribution in [3.63, 3.8) is 0 Å². The number of rotatable bonds is 0. The van der Waals surface area contributed by atoms with Gasteiger partial charge in [-0.2, -0.15) is 10.5 Å². The first kappa shape index (κ1) is 21.4. The Kier molecular flexibility index (Phi) is 18.1. The van der Waals surface area contributed by atoms with Crippen LogP contribution in [0.2, 0.25) is 0 Å². The molecule has 100 valence electrons. The van der Waals surface area contributed by atoms with Crippen LogP contribution in [0.1, 0.15) is 33.3 Å². The molecule has 0 aliphatic rings. The summed E-state index contributed by atoms with van der Waals surface area (Å²) in [7, 11) is 0. The van der Waals surface area contributed by atoms with E-state index in [4.69, 9.17) is 10.5 Å². The number of hydrogen-bond acceptors (Lipinski definition) is 3. The molecule has 0 atom stereocenters. The normalized spacial score (nSPS) is 7.61. The molecule has 3 N–H and O–H groups in total. The van der Waals surface area contributed by atoms with E-state index in [0.29, 0.717) is 0 Å². The molecule has 0 fully saturated rings. The third-order valence-electron chi connectivity index (χ3n) is 1.46. The first-order valence-corrected chi connectivity index (χ1v) is 5.74. The molecule has 0 saturated heterocycles. The lowest BCUT2D eigenvalue weighted by Gasteiger charge is -1.82. The van der Waals surface area contributed by atoms with Gasteiger partial charge in [-0.05, 0) is 34.6 Å². The van der Waals surface area contributed by atoms with Gasteiger partial charge in [-0.25, -0.2) is 0 Å². The SMILES string of the molecule is CC(C)C#N.CC(C)C#N.Cc1ccccc1.N. The summed E-state index contributed by atoms with van der Waals surface area (Å²) < 4.78 is 0. The van der Waals surface area contributed by atoms with E-state index in [2.05, 4.69) is 19.1 Å². The number of nitrogens with zero attached hydrogens (tertiary/aromatic N) is 2. The Hall–Kier alpha value is -1.84. The molecule has 0 spiro atoms. The summed E-state index contributed by atoms with van der Waals surface area (Å²) in [5, 5.41) is 15.8. The van der Waals surface area contributed by atoms with E-state index in [1.165, 1.54) is 5.56 Å². The molecule has 0 saturated carbocycles. The molecule has 1 rings (SSSR count).